The summed E-state index contributed by atoms with van der Waals surface area (Å²) in [5, 5.41) is 2.95. The minimum atomic E-state index is -4.16. The first kappa shape index (κ1) is 30.9. The Balaban J connectivity index is 1.69. The van der Waals surface area contributed by atoms with E-state index in [4.69, 9.17) is 9.47 Å². The van der Waals surface area contributed by atoms with E-state index in [-0.39, 0.29) is 23.0 Å². The molecule has 3 aromatic carbocycles. The number of ether oxygens (including phenoxy) is 2. The summed E-state index contributed by atoms with van der Waals surface area (Å²) in [6.45, 7) is 4.89. The van der Waals surface area contributed by atoms with Crippen LogP contribution in [0.5, 0.6) is 11.5 Å². The summed E-state index contributed by atoms with van der Waals surface area (Å²) >= 11 is 0. The summed E-state index contributed by atoms with van der Waals surface area (Å²) in [6.07, 6.45) is 2.65. The zero-order valence-corrected chi connectivity index (χ0v) is 25.0. The van der Waals surface area contributed by atoms with Crippen LogP contribution in [0.2, 0.25) is 0 Å². The largest absolute Gasteiger partial charge is 0.486 e. The van der Waals surface area contributed by atoms with Crippen molar-refractivity contribution in [2.24, 2.45) is 0 Å². The Kier molecular flexibility index (Phi) is 10.8. The van der Waals surface area contributed by atoms with E-state index < -0.39 is 28.5 Å². The van der Waals surface area contributed by atoms with Gasteiger partial charge in [0, 0.05) is 19.2 Å². The van der Waals surface area contributed by atoms with Crippen LogP contribution in [0.25, 0.3) is 0 Å². The third-order valence-electron chi connectivity index (χ3n) is 7.12. The molecule has 1 N–H and O–H groups in total. The molecule has 0 saturated carbocycles. The molecule has 0 saturated heterocycles. The molecule has 1 aliphatic heterocycles. The van der Waals surface area contributed by atoms with Gasteiger partial charge in [-0.05, 0) is 49.1 Å². The van der Waals surface area contributed by atoms with Gasteiger partial charge in [0.25, 0.3) is 10.0 Å². The zero-order valence-electron chi connectivity index (χ0n) is 24.2. The third-order valence-corrected chi connectivity index (χ3v) is 8.91. The highest BCUT2D eigenvalue weighted by Gasteiger charge is 2.34. The van der Waals surface area contributed by atoms with Crippen molar-refractivity contribution in [1.29, 1.82) is 0 Å². The first-order valence-corrected chi connectivity index (χ1v) is 15.9. The lowest BCUT2D eigenvalue weighted by Crippen LogP contribution is -2.53. The first-order valence-electron chi connectivity index (χ1n) is 14.4. The second-order valence-corrected chi connectivity index (χ2v) is 11.9. The van der Waals surface area contributed by atoms with Gasteiger partial charge in [0.2, 0.25) is 11.8 Å². The topological polar surface area (TPSA) is 105 Å². The van der Waals surface area contributed by atoms with E-state index in [1.165, 1.54) is 17.0 Å². The Hall–Kier alpha value is -4.05. The second kappa shape index (κ2) is 14.7. The number of rotatable bonds is 14. The van der Waals surface area contributed by atoms with Crippen molar-refractivity contribution in [1.82, 2.24) is 10.2 Å². The number of carbonyl (C=O) groups excluding carboxylic acids is 2. The number of hydrogen-bond donors (Lipinski definition) is 1. The molecule has 4 rings (SSSR count). The van der Waals surface area contributed by atoms with Crippen LogP contribution in [-0.4, -0.2) is 64.0 Å². The van der Waals surface area contributed by atoms with Crippen molar-refractivity contribution in [3.05, 3.63) is 84.4 Å². The molecule has 1 heterocycles. The minimum absolute atomic E-state index is 0.0490. The smallest absolute Gasteiger partial charge is 0.264 e. The van der Waals surface area contributed by atoms with Gasteiger partial charge in [0.05, 0.1) is 10.6 Å². The van der Waals surface area contributed by atoms with E-state index >= 15 is 0 Å². The van der Waals surface area contributed by atoms with E-state index in [1.54, 1.807) is 36.4 Å². The van der Waals surface area contributed by atoms with E-state index in [1.807, 2.05) is 44.2 Å². The zero-order chi connectivity index (χ0) is 30.0. The van der Waals surface area contributed by atoms with Gasteiger partial charge in [0.1, 0.15) is 25.8 Å². The molecule has 0 bridgehead atoms. The molecule has 0 unspecified atom stereocenters. The maximum Gasteiger partial charge on any atom is 0.264 e. The maximum absolute atomic E-state index is 14.1. The molecule has 10 heteroatoms. The lowest BCUT2D eigenvalue weighted by molar-refractivity contribution is -0.139. The number of nitrogens with zero attached hydrogens (tertiary/aromatic N) is 2. The third kappa shape index (κ3) is 7.61. The van der Waals surface area contributed by atoms with Gasteiger partial charge >= 0.3 is 0 Å². The Labute approximate surface area is 248 Å². The molecule has 0 aliphatic carbocycles. The summed E-state index contributed by atoms with van der Waals surface area (Å²) in [5.74, 6) is 0.191. The summed E-state index contributed by atoms with van der Waals surface area (Å²) in [5.41, 5.74) is 1.28. The number of nitrogens with one attached hydrogen (secondary N) is 1. The van der Waals surface area contributed by atoms with Crippen LogP contribution in [0.3, 0.4) is 0 Å². The number of benzene rings is 3. The van der Waals surface area contributed by atoms with Gasteiger partial charge in [-0.2, -0.15) is 0 Å². The first-order chi connectivity index (χ1) is 20.3. The Morgan fingerprint density at radius 3 is 2.24 bits per heavy atom. The maximum atomic E-state index is 14.1. The van der Waals surface area contributed by atoms with E-state index in [2.05, 4.69) is 5.32 Å². The van der Waals surface area contributed by atoms with Crippen LogP contribution < -0.4 is 19.1 Å². The molecule has 0 spiro atoms. The van der Waals surface area contributed by atoms with E-state index in [0.717, 1.165) is 22.7 Å². The average Bonchev–Trinajstić information content (AvgIpc) is 3.02. The number of fused-ring (bicyclic) bond motifs is 1. The van der Waals surface area contributed by atoms with Crippen LogP contribution in [0, 0.1) is 0 Å². The molecule has 42 heavy (non-hydrogen) atoms. The number of sulfonamides is 1. The molecule has 1 atom stereocenters. The van der Waals surface area contributed by atoms with Crippen LogP contribution in [0.1, 0.15) is 38.7 Å². The molecule has 0 fully saturated rings. The monoisotopic (exact) mass is 593 g/mol. The predicted molar refractivity (Wildman–Crippen MR) is 162 cm³/mol. The summed E-state index contributed by atoms with van der Waals surface area (Å²) in [4.78, 5) is 29.0. The second-order valence-electron chi connectivity index (χ2n) is 10.0. The Morgan fingerprint density at radius 2 is 1.57 bits per heavy atom. The van der Waals surface area contributed by atoms with Gasteiger partial charge in [-0.1, -0.05) is 68.8 Å². The highest BCUT2D eigenvalue weighted by Crippen LogP contribution is 2.36. The van der Waals surface area contributed by atoms with E-state index in [0.29, 0.717) is 44.1 Å². The van der Waals surface area contributed by atoms with Crippen molar-refractivity contribution in [2.45, 2.75) is 50.5 Å². The van der Waals surface area contributed by atoms with Crippen molar-refractivity contribution < 1.29 is 27.5 Å². The summed E-state index contributed by atoms with van der Waals surface area (Å²) in [6, 6.07) is 21.8. The Morgan fingerprint density at radius 1 is 0.905 bits per heavy atom. The molecular formula is C32H39N3O6S. The molecule has 224 valence electrons. The number of amides is 2. The van der Waals surface area contributed by atoms with Crippen molar-refractivity contribution in [2.75, 3.05) is 37.2 Å². The van der Waals surface area contributed by atoms with Gasteiger partial charge in [-0.15, -0.1) is 0 Å². The standard InChI is InChI=1S/C32H39N3O6S/c1-3-5-19-33-32(37)28(4-2)34(20-18-25-12-8-6-9-13-25)31(36)24-35(42(38,39)27-14-10-7-11-15-27)26-16-17-29-30(23-26)41-22-21-40-29/h6-17,23,28H,3-5,18-22,24H2,1-2H3,(H,33,37)/t28-/m0/s1. The van der Waals surface area contributed by atoms with Crippen LogP contribution in [0.4, 0.5) is 5.69 Å². The lowest BCUT2D eigenvalue weighted by Gasteiger charge is -2.33. The molecule has 1 aliphatic rings. The highest BCUT2D eigenvalue weighted by molar-refractivity contribution is 7.92. The molecule has 3 aromatic rings. The molecule has 2 amide bonds. The fraction of sp³-hybridized carbons (Fsp3) is 0.375. The van der Waals surface area contributed by atoms with Gasteiger partial charge < -0.3 is 19.7 Å². The molecule has 0 radical (unpaired) electrons. The molecular weight excluding hydrogens is 554 g/mol. The van der Waals surface area contributed by atoms with Crippen molar-refractivity contribution in [3.8, 4) is 11.5 Å². The fourth-order valence-corrected chi connectivity index (χ4v) is 6.26. The number of unbranched alkanes of at least 4 members (excludes halogenated alkanes) is 1. The predicted octanol–water partition coefficient (Wildman–Crippen LogP) is 4.42. The fourth-order valence-electron chi connectivity index (χ4n) is 4.84. The lowest BCUT2D eigenvalue weighted by atomic mass is 10.1. The SMILES string of the molecule is CCCCNC(=O)[C@H](CC)N(CCc1ccccc1)C(=O)CN(c1ccc2c(c1)OCCO2)S(=O)(=O)c1ccccc1. The van der Waals surface area contributed by atoms with Crippen molar-refractivity contribution >= 4 is 27.5 Å². The normalized spacial score (nSPS) is 13.2. The Bertz CT molecular complexity index is 1430. The molecule has 0 aromatic heterocycles. The van der Waals surface area contributed by atoms with Gasteiger partial charge in [-0.3, -0.25) is 13.9 Å². The van der Waals surface area contributed by atoms with Crippen LogP contribution >= 0.6 is 0 Å². The molecule has 9 nitrogen and oxygen atoms in total. The number of carbonyl (C=O) groups is 2. The highest BCUT2D eigenvalue weighted by atomic mass is 32.2. The van der Waals surface area contributed by atoms with Crippen molar-refractivity contribution in [3.63, 3.8) is 0 Å². The summed E-state index contributed by atoms with van der Waals surface area (Å²) in [7, 11) is -4.16. The number of anilines is 1. The average molecular weight is 594 g/mol. The van der Waals surface area contributed by atoms with Crippen LogP contribution in [0.15, 0.2) is 83.8 Å². The quantitative estimate of drug-likeness (QED) is 0.278. The van der Waals surface area contributed by atoms with Crippen LogP contribution in [-0.2, 0) is 26.0 Å². The van der Waals surface area contributed by atoms with Gasteiger partial charge in [0.15, 0.2) is 11.5 Å². The summed E-state index contributed by atoms with van der Waals surface area (Å²) < 4.78 is 40.4. The van der Waals surface area contributed by atoms with Gasteiger partial charge in [-0.25, -0.2) is 8.42 Å². The number of hydrogen-bond acceptors (Lipinski definition) is 6. The minimum Gasteiger partial charge on any atom is -0.486 e. The van der Waals surface area contributed by atoms with E-state index in [9.17, 15) is 18.0 Å².